The molecule has 3 aromatic carbocycles. The Morgan fingerprint density at radius 3 is 2.39 bits per heavy atom. The molecule has 1 saturated heterocycles. The van der Waals surface area contributed by atoms with Gasteiger partial charge in [-0.25, -0.2) is 8.42 Å². The smallest absolute Gasteiger partial charge is 0.244 e. The van der Waals surface area contributed by atoms with E-state index < -0.39 is 10.0 Å². The molecule has 0 amide bonds. The van der Waals surface area contributed by atoms with Crippen molar-refractivity contribution >= 4 is 21.8 Å². The van der Waals surface area contributed by atoms with Gasteiger partial charge >= 0.3 is 0 Å². The van der Waals surface area contributed by atoms with Gasteiger partial charge in [0.05, 0.1) is 10.3 Å². The fourth-order valence-corrected chi connectivity index (χ4v) is 6.44. The lowest BCUT2D eigenvalue weighted by Gasteiger charge is -2.24. The van der Waals surface area contributed by atoms with Crippen LogP contribution in [0.2, 0.25) is 0 Å². The predicted octanol–water partition coefficient (Wildman–Crippen LogP) is 4.70. The second-order valence-corrected chi connectivity index (χ2v) is 9.58. The Kier molecular flexibility index (Phi) is 5.71. The summed E-state index contributed by atoms with van der Waals surface area (Å²) < 4.78 is 33.7. The summed E-state index contributed by atoms with van der Waals surface area (Å²) in [7, 11) is -3.53. The predicted molar refractivity (Wildman–Crippen MR) is 113 cm³/mol. The highest BCUT2D eigenvalue weighted by Gasteiger charge is 2.36. The van der Waals surface area contributed by atoms with E-state index in [0.29, 0.717) is 18.0 Å². The molecule has 4 nitrogen and oxygen atoms in total. The highest BCUT2D eigenvalue weighted by atomic mass is 32.2. The molecule has 4 rings (SSSR count). The number of hydrogen-bond donors (Lipinski definition) is 0. The van der Waals surface area contributed by atoms with Crippen LogP contribution in [-0.2, 0) is 16.6 Å². The lowest BCUT2D eigenvalue weighted by atomic mass is 10.2. The van der Waals surface area contributed by atoms with Crippen LogP contribution in [0.1, 0.15) is 16.5 Å². The summed E-state index contributed by atoms with van der Waals surface area (Å²) in [6, 6.07) is 26.3. The van der Waals surface area contributed by atoms with Crippen molar-refractivity contribution in [2.75, 3.05) is 12.3 Å². The summed E-state index contributed by atoms with van der Waals surface area (Å²) in [6.45, 7) is 0.982. The van der Waals surface area contributed by atoms with Crippen LogP contribution in [-0.4, -0.2) is 25.0 Å². The number of thioether (sulfide) groups is 1. The van der Waals surface area contributed by atoms with E-state index in [4.69, 9.17) is 4.74 Å². The summed E-state index contributed by atoms with van der Waals surface area (Å²) in [5.41, 5.74) is 2.03. The van der Waals surface area contributed by atoms with Gasteiger partial charge in [-0.3, -0.25) is 0 Å². The van der Waals surface area contributed by atoms with Crippen LogP contribution >= 0.6 is 11.8 Å². The van der Waals surface area contributed by atoms with Crippen molar-refractivity contribution in [2.45, 2.75) is 16.9 Å². The average molecular weight is 412 g/mol. The molecule has 1 aliphatic rings. The van der Waals surface area contributed by atoms with E-state index in [1.165, 1.54) is 0 Å². The second-order valence-electron chi connectivity index (χ2n) is 6.50. The maximum Gasteiger partial charge on any atom is 0.244 e. The maximum atomic E-state index is 13.1. The van der Waals surface area contributed by atoms with Gasteiger partial charge in [0.1, 0.15) is 12.4 Å². The van der Waals surface area contributed by atoms with Gasteiger partial charge in [-0.15, -0.1) is 11.8 Å². The Labute approximate surface area is 170 Å². The highest BCUT2D eigenvalue weighted by molar-refractivity contribution is 8.01. The lowest BCUT2D eigenvalue weighted by Crippen LogP contribution is -2.30. The molecule has 0 spiro atoms. The average Bonchev–Trinajstić information content (AvgIpc) is 3.25. The van der Waals surface area contributed by atoms with Crippen LogP contribution in [0.3, 0.4) is 0 Å². The van der Waals surface area contributed by atoms with E-state index in [9.17, 15) is 8.42 Å². The maximum absolute atomic E-state index is 13.1. The zero-order chi connectivity index (χ0) is 19.4. The summed E-state index contributed by atoms with van der Waals surface area (Å²) in [5.74, 6) is 1.51. The van der Waals surface area contributed by atoms with Crippen molar-refractivity contribution in [2.24, 2.45) is 0 Å². The monoisotopic (exact) mass is 411 g/mol. The number of hydrogen-bond acceptors (Lipinski definition) is 4. The largest absolute Gasteiger partial charge is 0.489 e. The van der Waals surface area contributed by atoms with E-state index in [2.05, 4.69) is 0 Å². The van der Waals surface area contributed by atoms with Gasteiger partial charge in [0.2, 0.25) is 10.0 Å². The molecule has 0 aromatic heterocycles. The number of benzene rings is 3. The highest BCUT2D eigenvalue weighted by Crippen LogP contribution is 2.42. The fraction of sp³-hybridized carbons (Fsp3) is 0.182. The number of nitrogens with zero attached hydrogens (tertiary/aromatic N) is 1. The van der Waals surface area contributed by atoms with E-state index >= 15 is 0 Å². The lowest BCUT2D eigenvalue weighted by molar-refractivity contribution is 0.305. The van der Waals surface area contributed by atoms with Gasteiger partial charge < -0.3 is 4.74 Å². The standard InChI is InChI=1S/C22H21NO3S2/c24-28(25,21-12-5-2-6-13-21)23-14-15-27-22(23)19-10-7-11-20(16-19)26-17-18-8-3-1-4-9-18/h1-13,16,22H,14-15,17H2/t22-/m1/s1. The molecule has 0 N–H and O–H groups in total. The van der Waals surface area contributed by atoms with Crippen molar-refractivity contribution in [3.8, 4) is 5.75 Å². The number of rotatable bonds is 6. The van der Waals surface area contributed by atoms with Crippen molar-refractivity contribution in [3.63, 3.8) is 0 Å². The van der Waals surface area contributed by atoms with E-state index in [-0.39, 0.29) is 5.37 Å². The van der Waals surface area contributed by atoms with Crippen LogP contribution < -0.4 is 4.74 Å². The number of ether oxygens (including phenoxy) is 1. The first-order valence-electron chi connectivity index (χ1n) is 9.10. The summed E-state index contributed by atoms with van der Waals surface area (Å²) in [6.07, 6.45) is 0. The first kappa shape index (κ1) is 19.1. The minimum atomic E-state index is -3.53. The van der Waals surface area contributed by atoms with Crippen LogP contribution in [0.4, 0.5) is 0 Å². The van der Waals surface area contributed by atoms with Gasteiger partial charge in [-0.1, -0.05) is 60.7 Å². The van der Waals surface area contributed by atoms with Crippen LogP contribution in [0.5, 0.6) is 5.75 Å². The molecule has 0 bridgehead atoms. The second kappa shape index (κ2) is 8.39. The molecule has 1 atom stereocenters. The zero-order valence-electron chi connectivity index (χ0n) is 15.3. The van der Waals surface area contributed by atoms with Crippen molar-refractivity contribution in [1.29, 1.82) is 0 Å². The fourth-order valence-electron chi connectivity index (χ4n) is 3.19. The molecule has 0 unspecified atom stereocenters. The number of sulfonamides is 1. The first-order valence-corrected chi connectivity index (χ1v) is 11.6. The molecule has 1 aliphatic heterocycles. The molecule has 0 saturated carbocycles. The van der Waals surface area contributed by atoms with Gasteiger partial charge in [0, 0.05) is 12.3 Å². The first-order chi connectivity index (χ1) is 13.6. The molecular weight excluding hydrogens is 390 g/mol. The summed E-state index contributed by atoms with van der Waals surface area (Å²) in [5, 5.41) is -0.245. The quantitative estimate of drug-likeness (QED) is 0.590. The Hall–Kier alpha value is -2.28. The van der Waals surface area contributed by atoms with Crippen molar-refractivity contribution in [3.05, 3.63) is 96.1 Å². The van der Waals surface area contributed by atoms with Crippen molar-refractivity contribution in [1.82, 2.24) is 4.31 Å². The molecule has 28 heavy (non-hydrogen) atoms. The van der Waals surface area contributed by atoms with Gasteiger partial charge in [0.25, 0.3) is 0 Å². The summed E-state index contributed by atoms with van der Waals surface area (Å²) >= 11 is 1.64. The minimum Gasteiger partial charge on any atom is -0.489 e. The van der Waals surface area contributed by atoms with Crippen LogP contribution in [0.15, 0.2) is 89.8 Å². The summed E-state index contributed by atoms with van der Waals surface area (Å²) in [4.78, 5) is 0.332. The SMILES string of the molecule is O=S(=O)(c1ccccc1)N1CCS[C@@H]1c1cccc(OCc2ccccc2)c1. The third-order valence-corrected chi connectivity index (χ3v) is 7.86. The van der Waals surface area contributed by atoms with Crippen molar-refractivity contribution < 1.29 is 13.2 Å². The van der Waals surface area contributed by atoms with Gasteiger partial charge in [0.15, 0.2) is 0 Å². The Morgan fingerprint density at radius 1 is 0.929 bits per heavy atom. The van der Waals surface area contributed by atoms with Gasteiger partial charge in [-0.2, -0.15) is 4.31 Å². The molecule has 144 valence electrons. The van der Waals surface area contributed by atoms with Crippen LogP contribution in [0, 0.1) is 0 Å². The molecule has 6 heteroatoms. The molecule has 3 aromatic rings. The Bertz CT molecular complexity index is 1020. The van der Waals surface area contributed by atoms with Crippen LogP contribution in [0.25, 0.3) is 0 Å². The molecule has 1 fully saturated rings. The van der Waals surface area contributed by atoms with E-state index in [0.717, 1.165) is 22.6 Å². The Morgan fingerprint density at radius 2 is 1.64 bits per heavy atom. The Balaban J connectivity index is 1.55. The normalized spacial score (nSPS) is 17.5. The zero-order valence-corrected chi connectivity index (χ0v) is 16.9. The minimum absolute atomic E-state index is 0.245. The molecule has 1 heterocycles. The molecule has 0 aliphatic carbocycles. The van der Waals surface area contributed by atoms with Gasteiger partial charge in [-0.05, 0) is 35.4 Å². The third kappa shape index (κ3) is 4.09. The van der Waals surface area contributed by atoms with E-state index in [1.807, 2.05) is 60.7 Å². The molecule has 0 radical (unpaired) electrons. The molecular formula is C22H21NO3S2. The third-order valence-electron chi connectivity index (χ3n) is 4.59. The topological polar surface area (TPSA) is 46.6 Å². The van der Waals surface area contributed by atoms with E-state index in [1.54, 1.807) is 40.3 Å².